The van der Waals surface area contributed by atoms with Crippen LogP contribution in [-0.4, -0.2) is 9.78 Å². The molecule has 2 aromatic rings. The molecule has 0 saturated heterocycles. The normalized spacial score (nSPS) is 11.1. The molecule has 1 N–H and O–H groups in total. The third kappa shape index (κ3) is 3.31. The first-order valence-corrected chi connectivity index (χ1v) is 7.25. The van der Waals surface area contributed by atoms with Crippen LogP contribution >= 0.6 is 11.6 Å². The molecule has 1 aromatic carbocycles. The van der Waals surface area contributed by atoms with Crippen LogP contribution in [0.5, 0.6) is 0 Å². The molecule has 0 saturated carbocycles. The Balaban J connectivity index is 2.03. The van der Waals surface area contributed by atoms with E-state index in [0.29, 0.717) is 18.3 Å². The van der Waals surface area contributed by atoms with Crippen LogP contribution in [0.3, 0.4) is 0 Å². The molecule has 108 valence electrons. The number of hydrogen-bond acceptors (Lipinski definition) is 2. The summed E-state index contributed by atoms with van der Waals surface area (Å²) in [6.45, 7) is 4.77. The molecular formula is C15H19ClFN3. The van der Waals surface area contributed by atoms with E-state index < -0.39 is 5.82 Å². The second-order valence-electron chi connectivity index (χ2n) is 4.71. The van der Waals surface area contributed by atoms with E-state index in [0.717, 1.165) is 18.5 Å². The second-order valence-corrected chi connectivity index (χ2v) is 5.12. The molecule has 0 atom stereocenters. The Morgan fingerprint density at radius 3 is 2.75 bits per heavy atom. The van der Waals surface area contributed by atoms with Crippen molar-refractivity contribution in [3.8, 4) is 0 Å². The predicted molar refractivity (Wildman–Crippen MR) is 80.6 cm³/mol. The molecule has 20 heavy (non-hydrogen) atoms. The molecule has 0 unspecified atom stereocenters. The fraction of sp³-hybridized carbons (Fsp3) is 0.400. The smallest absolute Gasteiger partial charge is 0.164 e. The van der Waals surface area contributed by atoms with Crippen molar-refractivity contribution in [3.63, 3.8) is 0 Å². The first-order valence-electron chi connectivity index (χ1n) is 6.87. The lowest BCUT2D eigenvalue weighted by atomic mass is 10.2. The van der Waals surface area contributed by atoms with Gasteiger partial charge in [0.15, 0.2) is 5.82 Å². The average molecular weight is 296 g/mol. The van der Waals surface area contributed by atoms with Gasteiger partial charge in [0.1, 0.15) is 0 Å². The van der Waals surface area contributed by atoms with Gasteiger partial charge < -0.3 is 5.32 Å². The van der Waals surface area contributed by atoms with Gasteiger partial charge in [-0.15, -0.1) is 0 Å². The van der Waals surface area contributed by atoms with Crippen molar-refractivity contribution in [1.29, 1.82) is 0 Å². The van der Waals surface area contributed by atoms with Crippen molar-refractivity contribution in [1.82, 2.24) is 9.78 Å². The summed E-state index contributed by atoms with van der Waals surface area (Å²) < 4.78 is 15.7. The van der Waals surface area contributed by atoms with Crippen LogP contribution in [0.2, 0.25) is 5.02 Å². The topological polar surface area (TPSA) is 29.9 Å². The number of nitrogens with one attached hydrogen (secondary N) is 1. The van der Waals surface area contributed by atoms with Gasteiger partial charge in [0.25, 0.3) is 0 Å². The van der Waals surface area contributed by atoms with Gasteiger partial charge in [-0.1, -0.05) is 31.5 Å². The summed E-state index contributed by atoms with van der Waals surface area (Å²) in [4.78, 5) is 0. The molecular weight excluding hydrogens is 277 g/mol. The first-order chi connectivity index (χ1) is 9.65. The Labute approximate surface area is 123 Å². The van der Waals surface area contributed by atoms with E-state index >= 15 is 0 Å². The molecule has 0 bridgehead atoms. The third-order valence-electron chi connectivity index (χ3n) is 3.39. The number of benzene rings is 1. The van der Waals surface area contributed by atoms with Gasteiger partial charge in [-0.25, -0.2) is 4.39 Å². The van der Waals surface area contributed by atoms with E-state index in [9.17, 15) is 4.39 Å². The Hall–Kier alpha value is -1.55. The highest BCUT2D eigenvalue weighted by molar-refractivity contribution is 6.31. The number of anilines is 1. The number of nitrogens with zero attached hydrogens (tertiary/aromatic N) is 2. The highest BCUT2D eigenvalue weighted by Gasteiger charge is 2.09. The minimum absolute atomic E-state index is 0.123. The maximum absolute atomic E-state index is 13.7. The molecule has 0 aliphatic heterocycles. The summed E-state index contributed by atoms with van der Waals surface area (Å²) in [7, 11) is 0. The zero-order chi connectivity index (χ0) is 14.5. The molecule has 5 heteroatoms. The zero-order valence-electron chi connectivity index (χ0n) is 11.7. The molecule has 0 radical (unpaired) electrons. The van der Waals surface area contributed by atoms with Crippen LogP contribution in [-0.2, 0) is 6.54 Å². The van der Waals surface area contributed by atoms with Gasteiger partial charge in [-0.05, 0) is 31.0 Å². The maximum atomic E-state index is 13.7. The number of rotatable bonds is 6. The Morgan fingerprint density at radius 2 is 2.05 bits per heavy atom. The lowest BCUT2D eigenvalue weighted by Crippen LogP contribution is -2.09. The lowest BCUT2D eigenvalue weighted by molar-refractivity contribution is 0.426. The van der Waals surface area contributed by atoms with Crippen molar-refractivity contribution >= 4 is 17.3 Å². The quantitative estimate of drug-likeness (QED) is 0.841. The molecule has 1 heterocycles. The largest absolute Gasteiger partial charge is 0.377 e. The summed E-state index contributed by atoms with van der Waals surface area (Å²) in [5.41, 5.74) is 1.28. The van der Waals surface area contributed by atoms with Gasteiger partial charge in [0.05, 0.1) is 29.0 Å². The Bertz CT molecular complexity index is 564. The molecule has 3 nitrogen and oxygen atoms in total. The minimum Gasteiger partial charge on any atom is -0.377 e. The van der Waals surface area contributed by atoms with Gasteiger partial charge >= 0.3 is 0 Å². The highest BCUT2D eigenvalue weighted by atomic mass is 35.5. The van der Waals surface area contributed by atoms with E-state index in [1.54, 1.807) is 12.1 Å². The fourth-order valence-corrected chi connectivity index (χ4v) is 2.34. The van der Waals surface area contributed by atoms with Crippen LogP contribution in [0, 0.1) is 5.82 Å². The third-order valence-corrected chi connectivity index (χ3v) is 3.68. The molecule has 0 aliphatic rings. The molecule has 1 aromatic heterocycles. The van der Waals surface area contributed by atoms with Crippen molar-refractivity contribution < 1.29 is 4.39 Å². The maximum Gasteiger partial charge on any atom is 0.164 e. The van der Waals surface area contributed by atoms with Crippen LogP contribution in [0.4, 0.5) is 10.1 Å². The van der Waals surface area contributed by atoms with Crippen LogP contribution in [0.15, 0.2) is 30.5 Å². The molecule has 0 fully saturated rings. The van der Waals surface area contributed by atoms with Crippen LogP contribution in [0.1, 0.15) is 38.4 Å². The summed E-state index contributed by atoms with van der Waals surface area (Å²) in [6.07, 6.45) is 4.07. The number of aromatic nitrogens is 2. The monoisotopic (exact) mass is 295 g/mol. The van der Waals surface area contributed by atoms with E-state index in [2.05, 4.69) is 24.3 Å². The van der Waals surface area contributed by atoms with Gasteiger partial charge in [-0.3, -0.25) is 4.68 Å². The summed E-state index contributed by atoms with van der Waals surface area (Å²) in [5.74, 6) is -0.423. The van der Waals surface area contributed by atoms with Gasteiger partial charge in [0, 0.05) is 6.20 Å². The first kappa shape index (κ1) is 14.9. The van der Waals surface area contributed by atoms with Crippen molar-refractivity contribution in [2.45, 2.75) is 39.3 Å². The fourth-order valence-electron chi connectivity index (χ4n) is 2.16. The molecule has 2 rings (SSSR count). The second kappa shape index (κ2) is 6.75. The molecule has 0 spiro atoms. The Kier molecular flexibility index (Phi) is 5.01. The minimum atomic E-state index is -0.423. The Morgan fingerprint density at radius 1 is 1.30 bits per heavy atom. The summed E-state index contributed by atoms with van der Waals surface area (Å²) in [5, 5.41) is 7.66. The standard InChI is InChI=1S/C15H19ClFN3/c1-3-12(4-2)20-9-8-11(19-20)10-18-14-7-5-6-13(16)15(14)17/h5-9,12,18H,3-4,10H2,1-2H3. The SMILES string of the molecule is CCC(CC)n1ccc(CNc2cccc(Cl)c2F)n1. The van der Waals surface area contributed by atoms with E-state index in [-0.39, 0.29) is 5.02 Å². The number of halogens is 2. The highest BCUT2D eigenvalue weighted by Crippen LogP contribution is 2.22. The van der Waals surface area contributed by atoms with E-state index in [1.807, 2.05) is 16.9 Å². The van der Waals surface area contributed by atoms with Crippen LogP contribution in [0.25, 0.3) is 0 Å². The van der Waals surface area contributed by atoms with Crippen LogP contribution < -0.4 is 5.32 Å². The zero-order valence-corrected chi connectivity index (χ0v) is 12.5. The van der Waals surface area contributed by atoms with Gasteiger partial charge in [-0.2, -0.15) is 5.10 Å². The number of hydrogen-bond donors (Lipinski definition) is 1. The summed E-state index contributed by atoms with van der Waals surface area (Å²) >= 11 is 5.74. The molecule has 0 aliphatic carbocycles. The van der Waals surface area contributed by atoms with E-state index in [1.165, 1.54) is 6.07 Å². The lowest BCUT2D eigenvalue weighted by Gasteiger charge is -2.12. The van der Waals surface area contributed by atoms with Crippen molar-refractivity contribution in [2.24, 2.45) is 0 Å². The summed E-state index contributed by atoms with van der Waals surface area (Å²) in [6, 6.07) is 7.29. The average Bonchev–Trinajstić information content (AvgIpc) is 2.91. The van der Waals surface area contributed by atoms with Crippen molar-refractivity contribution in [2.75, 3.05) is 5.32 Å². The van der Waals surface area contributed by atoms with Crippen molar-refractivity contribution in [3.05, 3.63) is 47.0 Å². The molecule has 0 amide bonds. The predicted octanol–water partition coefficient (Wildman–Crippen LogP) is 4.65. The van der Waals surface area contributed by atoms with E-state index in [4.69, 9.17) is 11.6 Å². The van der Waals surface area contributed by atoms with Gasteiger partial charge in [0.2, 0.25) is 0 Å².